The molecule has 0 atom stereocenters. The molecule has 0 radical (unpaired) electrons. The van der Waals surface area contributed by atoms with E-state index >= 15 is 4.39 Å². The van der Waals surface area contributed by atoms with Gasteiger partial charge in [-0.1, -0.05) is 6.07 Å². The molecule has 1 aliphatic heterocycles. The number of urea groups is 1. The van der Waals surface area contributed by atoms with Crippen LogP contribution in [0.15, 0.2) is 48.8 Å². The maximum absolute atomic E-state index is 15.3. The third kappa shape index (κ3) is 7.82. The molecular formula is C32H35F5N8O3. The molecule has 4 aromatic rings. The molecule has 4 N–H and O–H groups in total. The summed E-state index contributed by atoms with van der Waals surface area (Å²) in [6.07, 6.45) is -2.09. The van der Waals surface area contributed by atoms with E-state index in [0.29, 0.717) is 87.1 Å². The SMILES string of the molecule is CCOCCN(C)CC(=O)N1CCC(c2cc(-c3ccc(NC(=O)Nc4cc(C(F)(F)F)ccc4F)c(F)c3)c3c(N)ncnn23)CC1. The highest BCUT2D eigenvalue weighted by atomic mass is 19.4. The van der Waals surface area contributed by atoms with Crippen LogP contribution in [0, 0.1) is 11.6 Å². The fraction of sp³-hybridized carbons (Fsp3) is 0.375. The van der Waals surface area contributed by atoms with Gasteiger partial charge in [0.1, 0.15) is 23.5 Å². The van der Waals surface area contributed by atoms with Gasteiger partial charge in [0.15, 0.2) is 5.82 Å². The van der Waals surface area contributed by atoms with Crippen molar-refractivity contribution in [1.82, 2.24) is 24.4 Å². The van der Waals surface area contributed by atoms with E-state index in [0.717, 1.165) is 11.8 Å². The summed E-state index contributed by atoms with van der Waals surface area (Å²) >= 11 is 0. The Bertz CT molecular complexity index is 1790. The Morgan fingerprint density at radius 1 is 1.04 bits per heavy atom. The highest BCUT2D eigenvalue weighted by molar-refractivity contribution is 6.00. The van der Waals surface area contributed by atoms with Crippen LogP contribution >= 0.6 is 0 Å². The van der Waals surface area contributed by atoms with Crippen LogP contribution < -0.4 is 16.4 Å². The number of nitrogen functional groups attached to an aromatic ring is 1. The van der Waals surface area contributed by atoms with Crippen LogP contribution in [-0.4, -0.2) is 82.8 Å². The van der Waals surface area contributed by atoms with Crippen molar-refractivity contribution >= 4 is 34.6 Å². The normalized spacial score (nSPS) is 14.1. The van der Waals surface area contributed by atoms with Gasteiger partial charge >= 0.3 is 12.2 Å². The fourth-order valence-electron chi connectivity index (χ4n) is 5.66. The van der Waals surface area contributed by atoms with Gasteiger partial charge in [0.2, 0.25) is 5.91 Å². The Hall–Kier alpha value is -4.83. The molecule has 1 saturated heterocycles. The van der Waals surface area contributed by atoms with Crippen LogP contribution in [0.4, 0.5) is 43.9 Å². The van der Waals surface area contributed by atoms with E-state index in [1.165, 1.54) is 18.5 Å². The summed E-state index contributed by atoms with van der Waals surface area (Å²) in [6.45, 7) is 5.14. The molecule has 3 amide bonds. The Morgan fingerprint density at radius 2 is 1.77 bits per heavy atom. The number of likely N-dealkylation sites (tertiary alicyclic amines) is 1. The van der Waals surface area contributed by atoms with Crippen molar-refractivity contribution in [2.75, 3.05) is 62.8 Å². The first-order valence-corrected chi connectivity index (χ1v) is 15.3. The predicted molar refractivity (Wildman–Crippen MR) is 169 cm³/mol. The van der Waals surface area contributed by atoms with Gasteiger partial charge in [0, 0.05) is 43.4 Å². The average molecular weight is 675 g/mol. The number of nitrogens with zero attached hydrogens (tertiary/aromatic N) is 5. The fourth-order valence-corrected chi connectivity index (χ4v) is 5.66. The first-order valence-electron chi connectivity index (χ1n) is 15.3. The molecule has 48 heavy (non-hydrogen) atoms. The van der Waals surface area contributed by atoms with Gasteiger partial charge in [-0.05, 0) is 68.8 Å². The number of likely N-dealkylation sites (N-methyl/N-ethyl adjacent to an activating group) is 1. The van der Waals surface area contributed by atoms with Gasteiger partial charge in [0.05, 0.1) is 30.1 Å². The van der Waals surface area contributed by atoms with Crippen LogP contribution in [0.3, 0.4) is 0 Å². The van der Waals surface area contributed by atoms with Gasteiger partial charge < -0.3 is 26.0 Å². The van der Waals surface area contributed by atoms with E-state index in [1.54, 1.807) is 4.52 Å². The van der Waals surface area contributed by atoms with Crippen molar-refractivity contribution in [3.8, 4) is 11.1 Å². The second kappa shape index (κ2) is 14.5. The zero-order valence-corrected chi connectivity index (χ0v) is 26.3. The topological polar surface area (TPSA) is 130 Å². The molecule has 2 aromatic heterocycles. The Balaban J connectivity index is 1.30. The zero-order valence-electron chi connectivity index (χ0n) is 26.3. The molecule has 11 nitrogen and oxygen atoms in total. The number of nitrogens with two attached hydrogens (primary N) is 1. The number of fused-ring (bicyclic) bond motifs is 1. The minimum atomic E-state index is -4.75. The number of carbonyl (C=O) groups excluding carboxylic acids is 2. The second-order valence-electron chi connectivity index (χ2n) is 11.4. The number of hydrogen-bond donors (Lipinski definition) is 3. The number of anilines is 3. The van der Waals surface area contributed by atoms with Gasteiger partial charge in [-0.3, -0.25) is 9.69 Å². The largest absolute Gasteiger partial charge is 0.416 e. The van der Waals surface area contributed by atoms with Gasteiger partial charge in [-0.25, -0.2) is 23.1 Å². The summed E-state index contributed by atoms with van der Waals surface area (Å²) in [5.74, 6) is -1.73. The van der Waals surface area contributed by atoms with Crippen molar-refractivity contribution in [2.45, 2.75) is 31.9 Å². The number of benzene rings is 2. The maximum Gasteiger partial charge on any atom is 0.416 e. The summed E-state index contributed by atoms with van der Waals surface area (Å²) in [5.41, 5.74) is 6.29. The first-order chi connectivity index (χ1) is 22.8. The molecule has 0 aliphatic carbocycles. The molecule has 5 rings (SSSR count). The molecule has 0 bridgehead atoms. The molecular weight excluding hydrogens is 639 g/mol. The van der Waals surface area contributed by atoms with Crippen LogP contribution in [0.1, 0.15) is 36.9 Å². The summed E-state index contributed by atoms with van der Waals surface area (Å²) in [5, 5.41) is 8.59. The minimum Gasteiger partial charge on any atom is -0.382 e. The van der Waals surface area contributed by atoms with Crippen molar-refractivity contribution in [3.63, 3.8) is 0 Å². The summed E-state index contributed by atoms with van der Waals surface area (Å²) < 4.78 is 75.5. The molecule has 3 heterocycles. The van der Waals surface area contributed by atoms with Gasteiger partial charge in [-0.2, -0.15) is 18.3 Å². The molecule has 0 spiro atoms. The second-order valence-corrected chi connectivity index (χ2v) is 11.4. The number of amides is 3. The number of alkyl halides is 3. The smallest absolute Gasteiger partial charge is 0.382 e. The van der Waals surface area contributed by atoms with E-state index in [1.807, 2.05) is 35.2 Å². The standard InChI is InChI=1S/C32H35F5N8O3/c1-3-48-13-12-43(2)17-28(46)44-10-8-19(9-11-44)27-16-22(29-30(38)39-18-40-45(27)29)20-4-7-25(24(34)14-20)41-31(47)42-26-15-21(32(35,36)37)5-6-23(26)33/h4-7,14-16,18-19H,3,8-13,17H2,1-2H3,(H2,38,39,40)(H2,41,42,47). The number of halogens is 5. The summed E-state index contributed by atoms with van der Waals surface area (Å²) in [6, 6.07) is 6.24. The Kier molecular flexibility index (Phi) is 10.4. The lowest BCUT2D eigenvalue weighted by atomic mass is 9.93. The van der Waals surface area contributed by atoms with Crippen LogP contribution in [0.5, 0.6) is 0 Å². The lowest BCUT2D eigenvalue weighted by Gasteiger charge is -2.33. The number of piperidine rings is 1. The van der Waals surface area contributed by atoms with E-state index in [4.69, 9.17) is 10.5 Å². The van der Waals surface area contributed by atoms with E-state index in [-0.39, 0.29) is 23.3 Å². The molecule has 1 fully saturated rings. The number of nitrogens with one attached hydrogen (secondary N) is 2. The van der Waals surface area contributed by atoms with Gasteiger partial charge in [0.25, 0.3) is 0 Å². The lowest BCUT2D eigenvalue weighted by Crippen LogP contribution is -2.43. The monoisotopic (exact) mass is 674 g/mol. The van der Waals surface area contributed by atoms with E-state index < -0.39 is 35.1 Å². The number of rotatable bonds is 10. The highest BCUT2D eigenvalue weighted by Gasteiger charge is 2.32. The molecule has 256 valence electrons. The maximum atomic E-state index is 15.3. The van der Waals surface area contributed by atoms with E-state index in [2.05, 4.69) is 15.4 Å². The molecule has 0 unspecified atom stereocenters. The average Bonchev–Trinajstić information content (AvgIpc) is 3.44. The van der Waals surface area contributed by atoms with Crippen LogP contribution in [0.25, 0.3) is 16.6 Å². The van der Waals surface area contributed by atoms with Gasteiger partial charge in [-0.15, -0.1) is 0 Å². The lowest BCUT2D eigenvalue weighted by molar-refractivity contribution is -0.137. The van der Waals surface area contributed by atoms with Crippen molar-refractivity contribution in [1.29, 1.82) is 0 Å². The van der Waals surface area contributed by atoms with Crippen molar-refractivity contribution in [3.05, 3.63) is 71.7 Å². The van der Waals surface area contributed by atoms with Crippen molar-refractivity contribution in [2.24, 2.45) is 0 Å². The van der Waals surface area contributed by atoms with Crippen LogP contribution in [-0.2, 0) is 15.7 Å². The molecule has 0 saturated carbocycles. The molecule has 16 heteroatoms. The number of aromatic nitrogens is 3. The first kappa shape index (κ1) is 34.5. The minimum absolute atomic E-state index is 0.0195. The quantitative estimate of drug-likeness (QED) is 0.148. The van der Waals surface area contributed by atoms with E-state index in [9.17, 15) is 27.2 Å². The zero-order chi connectivity index (χ0) is 34.6. The Morgan fingerprint density at radius 3 is 2.46 bits per heavy atom. The number of carbonyl (C=O) groups is 2. The Labute approximate surface area is 272 Å². The molecule has 1 aliphatic rings. The predicted octanol–water partition coefficient (Wildman–Crippen LogP) is 5.59. The van der Waals surface area contributed by atoms with Crippen LogP contribution in [0.2, 0.25) is 0 Å². The third-order valence-electron chi connectivity index (χ3n) is 8.17. The summed E-state index contributed by atoms with van der Waals surface area (Å²) in [7, 11) is 1.88. The highest BCUT2D eigenvalue weighted by Crippen LogP contribution is 2.38. The number of hydrogen-bond acceptors (Lipinski definition) is 7. The third-order valence-corrected chi connectivity index (χ3v) is 8.17. The molecule has 2 aromatic carbocycles. The van der Waals surface area contributed by atoms with Crippen molar-refractivity contribution < 1.29 is 36.3 Å². The number of ether oxygens (including phenoxy) is 1. The summed E-state index contributed by atoms with van der Waals surface area (Å²) in [4.78, 5) is 33.2.